The molecule has 3 aromatic rings. The minimum Gasteiger partial charge on any atom is -0.408 e. The Morgan fingerprint density at radius 1 is 1.14 bits per heavy atom. The second-order valence-corrected chi connectivity index (χ2v) is 6.24. The van der Waals surface area contributed by atoms with Gasteiger partial charge in [0, 0.05) is 17.2 Å². The number of para-hydroxylation sites is 2. The van der Waals surface area contributed by atoms with Crippen LogP contribution in [0.25, 0.3) is 11.1 Å². The predicted molar refractivity (Wildman–Crippen MR) is 87.1 cm³/mol. The van der Waals surface area contributed by atoms with Gasteiger partial charge in [-0.25, -0.2) is 4.79 Å². The number of hydrogen-bond acceptors (Lipinski definition) is 3. The highest BCUT2D eigenvalue weighted by Gasteiger charge is 2.08. The summed E-state index contributed by atoms with van der Waals surface area (Å²) in [7, 11) is 0. The van der Waals surface area contributed by atoms with E-state index in [2.05, 4.69) is 32.0 Å². The van der Waals surface area contributed by atoms with Crippen molar-refractivity contribution in [1.29, 1.82) is 0 Å². The lowest BCUT2D eigenvalue weighted by Crippen LogP contribution is -2.15. The third-order valence-electron chi connectivity index (χ3n) is 3.48. The first kappa shape index (κ1) is 14.0. The van der Waals surface area contributed by atoms with Gasteiger partial charge in [-0.05, 0) is 37.6 Å². The highest BCUT2D eigenvalue weighted by molar-refractivity contribution is 7.99. The lowest BCUT2D eigenvalue weighted by molar-refractivity contribution is 0.514. The Morgan fingerprint density at radius 3 is 2.76 bits per heavy atom. The summed E-state index contributed by atoms with van der Waals surface area (Å²) in [5, 5.41) is 0. The molecule has 0 N–H and O–H groups in total. The van der Waals surface area contributed by atoms with Gasteiger partial charge in [0.2, 0.25) is 0 Å². The number of hydrogen-bond donors (Lipinski definition) is 0. The summed E-state index contributed by atoms with van der Waals surface area (Å²) in [5.74, 6) is 0.560. The van der Waals surface area contributed by atoms with E-state index in [9.17, 15) is 4.79 Å². The van der Waals surface area contributed by atoms with Gasteiger partial charge in [0.1, 0.15) is 0 Å². The van der Waals surface area contributed by atoms with Crippen molar-refractivity contribution in [1.82, 2.24) is 4.57 Å². The Labute approximate surface area is 127 Å². The normalized spacial score (nSPS) is 11.1. The van der Waals surface area contributed by atoms with Crippen LogP contribution >= 0.6 is 11.8 Å². The Balaban J connectivity index is 1.75. The van der Waals surface area contributed by atoms with Crippen molar-refractivity contribution in [2.75, 3.05) is 5.75 Å². The largest absolute Gasteiger partial charge is 0.419 e. The van der Waals surface area contributed by atoms with Crippen LogP contribution in [0.15, 0.2) is 56.6 Å². The molecule has 0 unspecified atom stereocenters. The van der Waals surface area contributed by atoms with Crippen LogP contribution in [0.4, 0.5) is 0 Å². The molecule has 0 aliphatic rings. The third-order valence-corrected chi connectivity index (χ3v) is 4.63. The van der Waals surface area contributed by atoms with Crippen molar-refractivity contribution in [3.8, 4) is 0 Å². The zero-order valence-electron chi connectivity index (χ0n) is 12.1. The number of thioether (sulfide) groups is 1. The molecule has 0 saturated heterocycles. The van der Waals surface area contributed by atoms with Crippen molar-refractivity contribution in [2.24, 2.45) is 0 Å². The van der Waals surface area contributed by atoms with Gasteiger partial charge in [0.15, 0.2) is 5.58 Å². The molecular weight excluding hydrogens is 282 g/mol. The molecule has 3 rings (SSSR count). The van der Waals surface area contributed by atoms with E-state index in [1.54, 1.807) is 16.3 Å². The van der Waals surface area contributed by atoms with E-state index in [0.717, 1.165) is 11.3 Å². The van der Waals surface area contributed by atoms with Gasteiger partial charge < -0.3 is 4.42 Å². The molecule has 0 aliphatic heterocycles. The number of aryl methyl sites for hydroxylation is 3. The lowest BCUT2D eigenvalue weighted by Gasteiger charge is -2.07. The average molecular weight is 299 g/mol. The summed E-state index contributed by atoms with van der Waals surface area (Å²) in [6.07, 6.45) is 0. The first-order chi connectivity index (χ1) is 10.1. The van der Waals surface area contributed by atoms with Gasteiger partial charge in [0.25, 0.3) is 0 Å². The first-order valence-corrected chi connectivity index (χ1v) is 7.92. The lowest BCUT2D eigenvalue weighted by atomic mass is 10.2. The van der Waals surface area contributed by atoms with Gasteiger partial charge in [-0.3, -0.25) is 4.57 Å². The van der Waals surface area contributed by atoms with E-state index in [-0.39, 0.29) is 5.76 Å². The molecule has 4 heteroatoms. The number of nitrogens with zero attached hydrogens (tertiary/aromatic N) is 1. The Hall–Kier alpha value is -1.94. The number of fused-ring (bicyclic) bond motifs is 1. The molecule has 1 heterocycles. The molecule has 0 spiro atoms. The molecule has 108 valence electrons. The number of rotatable bonds is 4. The van der Waals surface area contributed by atoms with Crippen LogP contribution in [0.3, 0.4) is 0 Å². The molecule has 2 aromatic carbocycles. The molecular formula is C17H17NO2S. The molecule has 0 bridgehead atoms. The summed E-state index contributed by atoms with van der Waals surface area (Å²) in [5.41, 5.74) is 4.07. The van der Waals surface area contributed by atoms with E-state index in [4.69, 9.17) is 4.42 Å². The molecule has 1 aromatic heterocycles. The van der Waals surface area contributed by atoms with Crippen LogP contribution < -0.4 is 5.76 Å². The molecule has 0 aliphatic carbocycles. The summed E-state index contributed by atoms with van der Waals surface area (Å²) in [6, 6.07) is 14.0. The first-order valence-electron chi connectivity index (χ1n) is 6.93. The van der Waals surface area contributed by atoms with E-state index < -0.39 is 0 Å². The maximum Gasteiger partial charge on any atom is 0.419 e. The summed E-state index contributed by atoms with van der Waals surface area (Å²) >= 11 is 1.77. The summed E-state index contributed by atoms with van der Waals surface area (Å²) in [4.78, 5) is 13.1. The van der Waals surface area contributed by atoms with Crippen molar-refractivity contribution in [3.63, 3.8) is 0 Å². The summed E-state index contributed by atoms with van der Waals surface area (Å²) in [6.45, 7) is 4.86. The molecule has 21 heavy (non-hydrogen) atoms. The second-order valence-electron chi connectivity index (χ2n) is 5.10. The Kier molecular flexibility index (Phi) is 3.88. The quantitative estimate of drug-likeness (QED) is 0.683. The fraction of sp³-hybridized carbons (Fsp3) is 0.235. The van der Waals surface area contributed by atoms with Crippen molar-refractivity contribution >= 4 is 22.9 Å². The summed E-state index contributed by atoms with van der Waals surface area (Å²) < 4.78 is 6.94. The third kappa shape index (κ3) is 2.90. The average Bonchev–Trinajstić information content (AvgIpc) is 2.77. The van der Waals surface area contributed by atoms with E-state index >= 15 is 0 Å². The minimum absolute atomic E-state index is 0.280. The second kappa shape index (κ2) is 5.82. The molecule has 0 amide bonds. The van der Waals surface area contributed by atoms with E-state index in [0.29, 0.717) is 12.1 Å². The minimum atomic E-state index is -0.280. The van der Waals surface area contributed by atoms with Gasteiger partial charge in [-0.15, -0.1) is 11.8 Å². The van der Waals surface area contributed by atoms with Crippen LogP contribution in [0, 0.1) is 13.8 Å². The fourth-order valence-corrected chi connectivity index (χ4v) is 3.38. The number of aromatic nitrogens is 1. The standard InChI is InChI=1S/C17H17NO2S/c1-12-7-8-16(13(2)11-12)21-10-9-18-14-5-3-4-6-15(14)20-17(18)19/h3-8,11H,9-10H2,1-2H3. The van der Waals surface area contributed by atoms with Gasteiger partial charge >= 0.3 is 5.76 Å². The van der Waals surface area contributed by atoms with Crippen LogP contribution in [-0.2, 0) is 6.54 Å². The molecule has 0 atom stereocenters. The molecule has 0 radical (unpaired) electrons. The maximum atomic E-state index is 11.9. The monoisotopic (exact) mass is 299 g/mol. The fourth-order valence-electron chi connectivity index (χ4n) is 2.43. The van der Waals surface area contributed by atoms with Crippen LogP contribution in [0.2, 0.25) is 0 Å². The zero-order valence-corrected chi connectivity index (χ0v) is 12.9. The highest BCUT2D eigenvalue weighted by atomic mass is 32.2. The van der Waals surface area contributed by atoms with Crippen LogP contribution in [0.5, 0.6) is 0 Å². The molecule has 3 nitrogen and oxygen atoms in total. The van der Waals surface area contributed by atoms with Gasteiger partial charge in [-0.1, -0.05) is 29.8 Å². The Morgan fingerprint density at radius 2 is 1.95 bits per heavy atom. The smallest absolute Gasteiger partial charge is 0.408 e. The topological polar surface area (TPSA) is 35.1 Å². The Bertz CT molecular complexity index is 832. The van der Waals surface area contributed by atoms with Gasteiger partial charge in [-0.2, -0.15) is 0 Å². The van der Waals surface area contributed by atoms with Crippen LogP contribution in [0.1, 0.15) is 11.1 Å². The van der Waals surface area contributed by atoms with E-state index in [1.807, 2.05) is 24.3 Å². The van der Waals surface area contributed by atoms with Crippen molar-refractivity contribution < 1.29 is 4.42 Å². The highest BCUT2D eigenvalue weighted by Crippen LogP contribution is 2.23. The van der Waals surface area contributed by atoms with Gasteiger partial charge in [0.05, 0.1) is 5.52 Å². The van der Waals surface area contributed by atoms with Crippen LogP contribution in [-0.4, -0.2) is 10.3 Å². The zero-order chi connectivity index (χ0) is 14.8. The SMILES string of the molecule is Cc1ccc(SCCn2c(=O)oc3ccccc32)c(C)c1. The molecule has 0 fully saturated rings. The maximum absolute atomic E-state index is 11.9. The molecule has 0 saturated carbocycles. The van der Waals surface area contributed by atoms with E-state index in [1.165, 1.54) is 16.0 Å². The predicted octanol–water partition coefficient (Wildman–Crippen LogP) is 4.00. The van der Waals surface area contributed by atoms with Crippen molar-refractivity contribution in [3.05, 3.63) is 64.1 Å². The number of oxazole rings is 1. The van der Waals surface area contributed by atoms with Crippen molar-refractivity contribution in [2.45, 2.75) is 25.3 Å². The number of benzene rings is 2.